The highest BCUT2D eigenvalue weighted by atomic mass is 16.2. The molecule has 0 aliphatic rings. The summed E-state index contributed by atoms with van der Waals surface area (Å²) in [5.74, 6) is -0.496. The van der Waals surface area contributed by atoms with E-state index >= 15 is 0 Å². The minimum absolute atomic E-state index is 0.164. The van der Waals surface area contributed by atoms with Crippen LogP contribution in [0.4, 0.5) is 5.69 Å². The molecule has 1 unspecified atom stereocenters. The van der Waals surface area contributed by atoms with Crippen LogP contribution in [-0.4, -0.2) is 21.6 Å². The van der Waals surface area contributed by atoms with Crippen molar-refractivity contribution < 1.29 is 9.59 Å². The van der Waals surface area contributed by atoms with Gasteiger partial charge >= 0.3 is 0 Å². The number of benzene rings is 2. The highest BCUT2D eigenvalue weighted by Crippen LogP contribution is 2.17. The van der Waals surface area contributed by atoms with Gasteiger partial charge < -0.3 is 10.6 Å². The Morgan fingerprint density at radius 3 is 2.52 bits per heavy atom. The smallest absolute Gasteiger partial charge is 0.267 e. The number of aromatic nitrogens is 2. The molecule has 0 bridgehead atoms. The van der Waals surface area contributed by atoms with Crippen molar-refractivity contribution in [3.8, 4) is 11.3 Å². The molecule has 0 aliphatic heterocycles. The zero-order valence-corrected chi connectivity index (χ0v) is 16.3. The van der Waals surface area contributed by atoms with Gasteiger partial charge in [0.25, 0.3) is 5.56 Å². The van der Waals surface area contributed by atoms with Crippen LogP contribution in [0.25, 0.3) is 11.3 Å². The van der Waals surface area contributed by atoms with Crippen molar-refractivity contribution >= 4 is 17.5 Å². The third-order valence-corrected chi connectivity index (χ3v) is 4.31. The van der Waals surface area contributed by atoms with E-state index in [0.717, 1.165) is 15.8 Å². The molecule has 2 aromatic carbocycles. The second kappa shape index (κ2) is 8.97. The van der Waals surface area contributed by atoms with E-state index in [4.69, 9.17) is 0 Å². The number of carbonyl (C=O) groups excluding carboxylic acids is 2. The van der Waals surface area contributed by atoms with E-state index in [1.165, 1.54) is 13.0 Å². The van der Waals surface area contributed by atoms with Crippen molar-refractivity contribution in [1.29, 1.82) is 0 Å². The average molecular weight is 390 g/mol. The molecular formula is C22H22N4O3. The molecular weight excluding hydrogens is 368 g/mol. The molecule has 0 fully saturated rings. The van der Waals surface area contributed by atoms with E-state index in [1.54, 1.807) is 24.3 Å². The highest BCUT2D eigenvalue weighted by Gasteiger charge is 2.13. The van der Waals surface area contributed by atoms with E-state index in [2.05, 4.69) is 15.7 Å². The molecule has 3 rings (SSSR count). The van der Waals surface area contributed by atoms with Gasteiger partial charge in [-0.3, -0.25) is 14.4 Å². The fourth-order valence-electron chi connectivity index (χ4n) is 2.92. The molecule has 0 spiro atoms. The molecule has 1 atom stereocenters. The number of rotatable bonds is 6. The predicted molar refractivity (Wildman–Crippen MR) is 111 cm³/mol. The van der Waals surface area contributed by atoms with E-state index in [9.17, 15) is 14.4 Å². The fourth-order valence-corrected chi connectivity index (χ4v) is 2.92. The minimum atomic E-state index is -0.347. The number of carbonyl (C=O) groups is 2. The quantitative estimate of drug-likeness (QED) is 0.677. The zero-order valence-electron chi connectivity index (χ0n) is 16.3. The molecule has 0 saturated heterocycles. The molecule has 29 heavy (non-hydrogen) atoms. The van der Waals surface area contributed by atoms with E-state index in [-0.39, 0.29) is 30.0 Å². The first kappa shape index (κ1) is 20.0. The molecule has 2 N–H and O–H groups in total. The molecule has 3 aromatic rings. The van der Waals surface area contributed by atoms with E-state index < -0.39 is 0 Å². The maximum atomic E-state index is 12.5. The summed E-state index contributed by atoms with van der Waals surface area (Å²) in [5, 5.41) is 9.88. The molecule has 7 nitrogen and oxygen atoms in total. The summed E-state index contributed by atoms with van der Waals surface area (Å²) < 4.78 is 1.15. The molecule has 2 amide bonds. The van der Waals surface area contributed by atoms with E-state index in [0.29, 0.717) is 11.4 Å². The Bertz CT molecular complexity index is 1080. The van der Waals surface area contributed by atoms with Crippen molar-refractivity contribution in [1.82, 2.24) is 15.1 Å². The third kappa shape index (κ3) is 5.38. The van der Waals surface area contributed by atoms with Crippen LogP contribution in [0.1, 0.15) is 25.5 Å². The SMILES string of the molecule is CC(=O)Nc1cccc(C(C)NC(=O)Cn2nc(-c3ccccc3)ccc2=O)c1. The van der Waals surface area contributed by atoms with Gasteiger partial charge in [0, 0.05) is 24.2 Å². The van der Waals surface area contributed by atoms with Crippen LogP contribution in [0.2, 0.25) is 0 Å². The number of nitrogens with zero attached hydrogens (tertiary/aromatic N) is 2. The van der Waals surface area contributed by atoms with Crippen molar-refractivity contribution in [3.05, 3.63) is 82.6 Å². The summed E-state index contributed by atoms with van der Waals surface area (Å²) >= 11 is 0. The molecule has 148 valence electrons. The minimum Gasteiger partial charge on any atom is -0.348 e. The second-order valence-corrected chi connectivity index (χ2v) is 6.68. The van der Waals surface area contributed by atoms with Crippen molar-refractivity contribution in [3.63, 3.8) is 0 Å². The lowest BCUT2D eigenvalue weighted by Crippen LogP contribution is -2.34. The molecule has 0 radical (unpaired) electrons. The van der Waals surface area contributed by atoms with Crippen LogP contribution < -0.4 is 16.2 Å². The zero-order chi connectivity index (χ0) is 20.8. The van der Waals surface area contributed by atoms with Crippen molar-refractivity contribution in [2.45, 2.75) is 26.4 Å². The number of anilines is 1. The lowest BCUT2D eigenvalue weighted by Gasteiger charge is -2.16. The lowest BCUT2D eigenvalue weighted by molar-refractivity contribution is -0.122. The molecule has 0 aliphatic carbocycles. The Morgan fingerprint density at radius 2 is 1.79 bits per heavy atom. The Kier molecular flexibility index (Phi) is 6.19. The number of nitrogens with one attached hydrogen (secondary N) is 2. The maximum Gasteiger partial charge on any atom is 0.267 e. The van der Waals surface area contributed by atoms with Crippen LogP contribution >= 0.6 is 0 Å². The molecule has 1 heterocycles. The van der Waals surface area contributed by atoms with Gasteiger partial charge in [-0.25, -0.2) is 4.68 Å². The van der Waals surface area contributed by atoms with Crippen LogP contribution in [0.5, 0.6) is 0 Å². The second-order valence-electron chi connectivity index (χ2n) is 6.68. The average Bonchev–Trinajstić information content (AvgIpc) is 2.70. The Morgan fingerprint density at radius 1 is 1.03 bits per heavy atom. The Labute approximate surface area is 168 Å². The maximum absolute atomic E-state index is 12.5. The fraction of sp³-hybridized carbons (Fsp3) is 0.182. The summed E-state index contributed by atoms with van der Waals surface area (Å²) in [6.45, 7) is 3.09. The van der Waals surface area contributed by atoms with Gasteiger partial charge in [0.2, 0.25) is 11.8 Å². The first-order valence-corrected chi connectivity index (χ1v) is 9.23. The summed E-state index contributed by atoms with van der Waals surface area (Å²) in [6.07, 6.45) is 0. The number of hydrogen-bond donors (Lipinski definition) is 2. The monoisotopic (exact) mass is 390 g/mol. The normalized spacial score (nSPS) is 11.5. The largest absolute Gasteiger partial charge is 0.348 e. The summed E-state index contributed by atoms with van der Waals surface area (Å²) in [7, 11) is 0. The summed E-state index contributed by atoms with van der Waals surface area (Å²) in [4.78, 5) is 35.8. The van der Waals surface area contributed by atoms with Crippen LogP contribution in [0, 0.1) is 0 Å². The van der Waals surface area contributed by atoms with Gasteiger partial charge in [-0.2, -0.15) is 5.10 Å². The van der Waals surface area contributed by atoms with Crippen LogP contribution in [-0.2, 0) is 16.1 Å². The van der Waals surface area contributed by atoms with Gasteiger partial charge in [0.05, 0.1) is 11.7 Å². The van der Waals surface area contributed by atoms with Gasteiger partial charge in [-0.1, -0.05) is 42.5 Å². The Balaban J connectivity index is 1.71. The Hall–Kier alpha value is -3.74. The van der Waals surface area contributed by atoms with Gasteiger partial charge in [-0.05, 0) is 30.7 Å². The van der Waals surface area contributed by atoms with Gasteiger partial charge in [0.1, 0.15) is 6.54 Å². The van der Waals surface area contributed by atoms with Crippen LogP contribution in [0.15, 0.2) is 71.5 Å². The van der Waals surface area contributed by atoms with Gasteiger partial charge in [0.15, 0.2) is 0 Å². The predicted octanol–water partition coefficient (Wildman–Crippen LogP) is 2.75. The summed E-state index contributed by atoms with van der Waals surface area (Å²) in [5.41, 5.74) is 2.63. The van der Waals surface area contributed by atoms with Gasteiger partial charge in [-0.15, -0.1) is 0 Å². The summed E-state index contributed by atoms with van der Waals surface area (Å²) in [6, 6.07) is 19.4. The first-order chi connectivity index (χ1) is 13.9. The molecule has 7 heteroatoms. The van der Waals surface area contributed by atoms with E-state index in [1.807, 2.05) is 43.3 Å². The molecule has 0 saturated carbocycles. The number of hydrogen-bond acceptors (Lipinski definition) is 4. The standard InChI is InChI=1S/C22H22N4O3/c1-15(18-9-6-10-19(13-18)24-16(2)27)23-21(28)14-26-22(29)12-11-20(25-26)17-7-4-3-5-8-17/h3-13,15H,14H2,1-2H3,(H,23,28)(H,24,27). The van der Waals surface area contributed by atoms with Crippen molar-refractivity contribution in [2.75, 3.05) is 5.32 Å². The van der Waals surface area contributed by atoms with Crippen LogP contribution in [0.3, 0.4) is 0 Å². The highest BCUT2D eigenvalue weighted by molar-refractivity contribution is 5.88. The molecule has 1 aromatic heterocycles. The van der Waals surface area contributed by atoms with Crippen molar-refractivity contribution in [2.24, 2.45) is 0 Å². The lowest BCUT2D eigenvalue weighted by atomic mass is 10.1. The topological polar surface area (TPSA) is 93.1 Å². The first-order valence-electron chi connectivity index (χ1n) is 9.23. The third-order valence-electron chi connectivity index (χ3n) is 4.31. The number of amides is 2.